The Labute approximate surface area is 71.6 Å². The molecule has 1 aliphatic rings. The number of aliphatic imine (C=N–C) groups is 1. The molecule has 1 aromatic carbocycles. The van der Waals surface area contributed by atoms with Crippen molar-refractivity contribution in [1.29, 1.82) is 0 Å². The number of benzene rings is 1. The molecular weight excluding hydrogens is 150 g/mol. The zero-order valence-corrected chi connectivity index (χ0v) is 6.83. The molecule has 0 bridgehead atoms. The molecule has 1 fully saturated rings. The predicted molar refractivity (Wildman–Crippen MR) is 48.8 cm³/mol. The Hall–Kier alpha value is -1.15. The molecule has 0 saturated heterocycles. The van der Waals surface area contributed by atoms with Crippen LogP contribution in [0.2, 0.25) is 0 Å². The first-order valence-electron chi connectivity index (χ1n) is 4.04. The van der Waals surface area contributed by atoms with Gasteiger partial charge in [-0.25, -0.2) is 0 Å². The van der Waals surface area contributed by atoms with Gasteiger partial charge in [0.05, 0.1) is 11.3 Å². The molecule has 1 saturated carbocycles. The fraction of sp³-hybridized carbons (Fsp3) is 0.300. The first-order chi connectivity index (χ1) is 5.74. The van der Waals surface area contributed by atoms with Crippen molar-refractivity contribution in [3.05, 3.63) is 29.8 Å². The topological polar surface area (TPSA) is 32.6 Å². The summed E-state index contributed by atoms with van der Waals surface area (Å²) in [6.07, 6.45) is 1.77. The molecule has 0 atom stereocenters. The number of rotatable bonds is 2. The summed E-state index contributed by atoms with van der Waals surface area (Å²) in [6, 6.07) is 7.57. The van der Waals surface area contributed by atoms with E-state index in [4.69, 9.17) is 0 Å². The van der Waals surface area contributed by atoms with Crippen molar-refractivity contribution in [3.8, 4) is 0 Å². The molecule has 0 unspecified atom stereocenters. The molecule has 1 aromatic rings. The summed E-state index contributed by atoms with van der Waals surface area (Å²) >= 11 is 0. The summed E-state index contributed by atoms with van der Waals surface area (Å²) in [7, 11) is 0. The van der Waals surface area contributed by atoms with Crippen molar-refractivity contribution in [2.45, 2.75) is 18.4 Å². The molecule has 2 rings (SSSR count). The highest BCUT2D eigenvalue weighted by atomic mass is 16.3. The third-order valence-corrected chi connectivity index (χ3v) is 2.31. The molecule has 2 nitrogen and oxygen atoms in total. The van der Waals surface area contributed by atoms with E-state index in [0.717, 1.165) is 24.1 Å². The Morgan fingerprint density at radius 2 is 1.83 bits per heavy atom. The summed E-state index contributed by atoms with van der Waals surface area (Å²) in [4.78, 5) is 3.78. The number of hydrogen-bond acceptors (Lipinski definition) is 2. The Bertz CT molecular complexity index is 298. The summed E-state index contributed by atoms with van der Waals surface area (Å²) in [5.74, 6) is 0. The highest BCUT2D eigenvalue weighted by molar-refractivity contribution is 5.47. The summed E-state index contributed by atoms with van der Waals surface area (Å²) in [5.41, 5.74) is 1.32. The lowest BCUT2D eigenvalue weighted by Crippen LogP contribution is -2.02. The second kappa shape index (κ2) is 2.42. The third kappa shape index (κ3) is 1.14. The van der Waals surface area contributed by atoms with Crippen LogP contribution in [-0.4, -0.2) is 11.8 Å². The number of nitrogens with zero attached hydrogens (tertiary/aromatic N) is 1. The minimum absolute atomic E-state index is 0.528. The fourth-order valence-electron chi connectivity index (χ4n) is 1.28. The lowest BCUT2D eigenvalue weighted by atomic mass is 10.1. The minimum atomic E-state index is -0.528. The van der Waals surface area contributed by atoms with Crippen LogP contribution >= 0.6 is 0 Å². The van der Waals surface area contributed by atoms with Crippen LogP contribution in [0.25, 0.3) is 0 Å². The average Bonchev–Trinajstić information content (AvgIpc) is 2.85. The van der Waals surface area contributed by atoms with E-state index in [9.17, 15) is 5.11 Å². The van der Waals surface area contributed by atoms with Crippen molar-refractivity contribution in [2.24, 2.45) is 4.99 Å². The van der Waals surface area contributed by atoms with Gasteiger partial charge in [0.2, 0.25) is 0 Å². The fourth-order valence-corrected chi connectivity index (χ4v) is 1.28. The zero-order valence-electron chi connectivity index (χ0n) is 6.83. The largest absolute Gasteiger partial charge is 0.385 e. The second-order valence-corrected chi connectivity index (χ2v) is 3.24. The van der Waals surface area contributed by atoms with Gasteiger partial charge in [0.1, 0.15) is 0 Å². The molecule has 0 radical (unpaired) electrons. The van der Waals surface area contributed by atoms with E-state index in [1.54, 1.807) is 0 Å². The molecule has 1 N–H and O–H groups in total. The van der Waals surface area contributed by atoms with E-state index in [1.165, 1.54) is 0 Å². The van der Waals surface area contributed by atoms with Crippen LogP contribution in [0, 0.1) is 0 Å². The van der Waals surface area contributed by atoms with Crippen LogP contribution in [0.15, 0.2) is 29.3 Å². The van der Waals surface area contributed by atoms with Gasteiger partial charge in [0, 0.05) is 0 Å². The molecule has 0 aromatic heterocycles. The first kappa shape index (κ1) is 7.50. The quantitative estimate of drug-likeness (QED) is 0.661. The maximum Gasteiger partial charge on any atom is 0.0899 e. The molecule has 12 heavy (non-hydrogen) atoms. The van der Waals surface area contributed by atoms with Gasteiger partial charge < -0.3 is 5.11 Å². The van der Waals surface area contributed by atoms with Gasteiger partial charge in [0.15, 0.2) is 0 Å². The molecule has 0 spiro atoms. The van der Waals surface area contributed by atoms with Crippen LogP contribution in [0.5, 0.6) is 0 Å². The highest BCUT2D eigenvalue weighted by Gasteiger charge is 2.41. The Morgan fingerprint density at radius 3 is 2.25 bits per heavy atom. The van der Waals surface area contributed by atoms with Gasteiger partial charge in [-0.1, -0.05) is 12.1 Å². The Kier molecular flexibility index (Phi) is 1.51. The van der Waals surface area contributed by atoms with Gasteiger partial charge in [-0.3, -0.25) is 4.99 Å². The summed E-state index contributed by atoms with van der Waals surface area (Å²) < 4.78 is 0. The molecule has 1 aliphatic carbocycles. The molecular formula is C10H11NO. The van der Waals surface area contributed by atoms with E-state index in [0.29, 0.717) is 0 Å². The highest BCUT2D eigenvalue weighted by Crippen LogP contribution is 2.45. The van der Waals surface area contributed by atoms with Gasteiger partial charge in [-0.05, 0) is 37.3 Å². The summed E-state index contributed by atoms with van der Waals surface area (Å²) in [5, 5.41) is 9.72. The van der Waals surface area contributed by atoms with Crippen LogP contribution in [-0.2, 0) is 5.60 Å². The van der Waals surface area contributed by atoms with Gasteiger partial charge in [-0.2, -0.15) is 0 Å². The molecule has 62 valence electrons. The maximum absolute atomic E-state index is 9.72. The lowest BCUT2D eigenvalue weighted by Gasteiger charge is -2.06. The third-order valence-electron chi connectivity index (χ3n) is 2.31. The van der Waals surface area contributed by atoms with E-state index >= 15 is 0 Å². The van der Waals surface area contributed by atoms with E-state index < -0.39 is 5.60 Å². The second-order valence-electron chi connectivity index (χ2n) is 3.24. The summed E-state index contributed by atoms with van der Waals surface area (Å²) in [6.45, 7) is 3.43. The van der Waals surface area contributed by atoms with Crippen molar-refractivity contribution in [1.82, 2.24) is 0 Å². The normalized spacial score (nSPS) is 18.8. The van der Waals surface area contributed by atoms with Gasteiger partial charge >= 0.3 is 0 Å². The van der Waals surface area contributed by atoms with E-state index in [-0.39, 0.29) is 0 Å². The lowest BCUT2D eigenvalue weighted by molar-refractivity contribution is 0.151. The van der Waals surface area contributed by atoms with Gasteiger partial charge in [-0.15, -0.1) is 0 Å². The molecule has 0 aliphatic heterocycles. The van der Waals surface area contributed by atoms with Crippen LogP contribution in [0.3, 0.4) is 0 Å². The number of aliphatic hydroxyl groups is 1. The van der Waals surface area contributed by atoms with Crippen molar-refractivity contribution >= 4 is 12.4 Å². The molecule has 0 heterocycles. The average molecular weight is 161 g/mol. The molecule has 0 amide bonds. The number of hydrogen-bond donors (Lipinski definition) is 1. The Balaban J connectivity index is 2.30. The van der Waals surface area contributed by atoms with Gasteiger partial charge in [0.25, 0.3) is 0 Å². The molecule has 2 heteroatoms. The standard InChI is InChI=1S/C10H11NO/c1-11-9-4-2-8(3-5-9)10(12)6-7-10/h2-5,12H,1,6-7H2. The maximum atomic E-state index is 9.72. The van der Waals surface area contributed by atoms with Crippen LogP contribution in [0.1, 0.15) is 18.4 Å². The zero-order chi connectivity index (χ0) is 8.60. The van der Waals surface area contributed by atoms with Crippen molar-refractivity contribution in [3.63, 3.8) is 0 Å². The SMILES string of the molecule is C=Nc1ccc(C2(O)CC2)cc1. The monoisotopic (exact) mass is 161 g/mol. The van der Waals surface area contributed by atoms with Crippen molar-refractivity contribution < 1.29 is 5.11 Å². The van der Waals surface area contributed by atoms with E-state index in [1.807, 2.05) is 24.3 Å². The van der Waals surface area contributed by atoms with Crippen LogP contribution < -0.4 is 0 Å². The predicted octanol–water partition coefficient (Wildman–Crippen LogP) is 2.00. The smallest absolute Gasteiger partial charge is 0.0899 e. The minimum Gasteiger partial charge on any atom is -0.385 e. The van der Waals surface area contributed by atoms with E-state index in [2.05, 4.69) is 11.7 Å². The van der Waals surface area contributed by atoms with Crippen molar-refractivity contribution in [2.75, 3.05) is 0 Å². The van der Waals surface area contributed by atoms with Crippen LogP contribution in [0.4, 0.5) is 5.69 Å². The first-order valence-corrected chi connectivity index (χ1v) is 4.04. The Morgan fingerprint density at radius 1 is 1.25 bits per heavy atom.